The predicted octanol–water partition coefficient (Wildman–Crippen LogP) is 3.89. The van der Waals surface area contributed by atoms with Gasteiger partial charge in [0, 0.05) is 36.5 Å². The molecule has 1 fully saturated rings. The van der Waals surface area contributed by atoms with Crippen molar-refractivity contribution < 1.29 is 4.42 Å². The molecule has 3 aromatic rings. The fourth-order valence-electron chi connectivity index (χ4n) is 3.69. The Labute approximate surface area is 153 Å². The number of likely N-dealkylation sites (tertiary alicyclic amines) is 1. The van der Waals surface area contributed by atoms with Crippen molar-refractivity contribution in [3.63, 3.8) is 0 Å². The Morgan fingerprint density at radius 1 is 1.19 bits per heavy atom. The van der Waals surface area contributed by atoms with Crippen molar-refractivity contribution in [2.75, 3.05) is 13.1 Å². The van der Waals surface area contributed by atoms with Crippen LogP contribution < -0.4 is 0 Å². The van der Waals surface area contributed by atoms with E-state index in [-0.39, 0.29) is 0 Å². The summed E-state index contributed by atoms with van der Waals surface area (Å²) in [6.07, 6.45) is 6.34. The molecule has 0 spiro atoms. The van der Waals surface area contributed by atoms with Crippen LogP contribution in [0.3, 0.4) is 0 Å². The smallest absolute Gasteiger partial charge is 0.247 e. The van der Waals surface area contributed by atoms with Gasteiger partial charge in [0.05, 0.1) is 6.54 Å². The average molecular weight is 351 g/mol. The maximum Gasteiger partial charge on any atom is 0.247 e. The van der Waals surface area contributed by atoms with E-state index in [2.05, 4.69) is 44.7 Å². The number of rotatable bonds is 5. The van der Waals surface area contributed by atoms with Crippen molar-refractivity contribution in [3.05, 3.63) is 54.4 Å². The molecular formula is C20H25N5O. The standard InChI is InChI=1S/C20H25N5O/c1-15(2)25-12-10-21-19(25)17-9-6-11-24(13-17)14-18-22-23-20(26-18)16-7-4-3-5-8-16/h3-5,7-8,10,12,15,17H,6,9,11,13-14H2,1-2H3. The Morgan fingerprint density at radius 2 is 2.04 bits per heavy atom. The number of nitrogens with zero attached hydrogens (tertiary/aromatic N) is 5. The van der Waals surface area contributed by atoms with Crippen molar-refractivity contribution in [1.29, 1.82) is 0 Å². The zero-order valence-corrected chi connectivity index (χ0v) is 15.4. The zero-order valence-electron chi connectivity index (χ0n) is 15.4. The van der Waals surface area contributed by atoms with E-state index < -0.39 is 0 Å². The predicted molar refractivity (Wildman–Crippen MR) is 99.6 cm³/mol. The second kappa shape index (κ2) is 7.41. The largest absolute Gasteiger partial charge is 0.419 e. The van der Waals surface area contributed by atoms with Crippen LogP contribution in [-0.2, 0) is 6.54 Å². The molecule has 0 amide bonds. The first-order valence-electron chi connectivity index (χ1n) is 9.33. The summed E-state index contributed by atoms with van der Waals surface area (Å²) in [5.74, 6) is 2.92. The van der Waals surface area contributed by atoms with Gasteiger partial charge < -0.3 is 8.98 Å². The molecule has 1 atom stereocenters. The second-order valence-corrected chi connectivity index (χ2v) is 7.23. The number of benzene rings is 1. The van der Waals surface area contributed by atoms with Crippen molar-refractivity contribution in [2.45, 2.75) is 45.2 Å². The van der Waals surface area contributed by atoms with Crippen LogP contribution in [0, 0.1) is 0 Å². The van der Waals surface area contributed by atoms with Crippen molar-refractivity contribution in [1.82, 2.24) is 24.6 Å². The van der Waals surface area contributed by atoms with Gasteiger partial charge in [-0.15, -0.1) is 10.2 Å². The lowest BCUT2D eigenvalue weighted by molar-refractivity contribution is 0.178. The van der Waals surface area contributed by atoms with Gasteiger partial charge >= 0.3 is 0 Å². The number of imidazole rings is 1. The summed E-state index contributed by atoms with van der Waals surface area (Å²) in [4.78, 5) is 7.03. The topological polar surface area (TPSA) is 60.0 Å². The minimum absolute atomic E-state index is 0.437. The highest BCUT2D eigenvalue weighted by Gasteiger charge is 2.26. The Balaban J connectivity index is 1.44. The van der Waals surface area contributed by atoms with Gasteiger partial charge in [0.25, 0.3) is 0 Å². The molecule has 1 aliphatic heterocycles. The number of aromatic nitrogens is 4. The molecule has 0 radical (unpaired) electrons. The lowest BCUT2D eigenvalue weighted by Gasteiger charge is -2.32. The Bertz CT molecular complexity index is 839. The van der Waals surface area contributed by atoms with Crippen LogP contribution in [0.2, 0.25) is 0 Å². The Morgan fingerprint density at radius 3 is 2.85 bits per heavy atom. The molecule has 1 saturated heterocycles. The van der Waals surface area contributed by atoms with Gasteiger partial charge in [-0.25, -0.2) is 4.98 Å². The van der Waals surface area contributed by atoms with Crippen LogP contribution in [0.5, 0.6) is 0 Å². The van der Waals surface area contributed by atoms with E-state index >= 15 is 0 Å². The van der Waals surface area contributed by atoms with Crippen molar-refractivity contribution in [2.24, 2.45) is 0 Å². The highest BCUT2D eigenvalue weighted by molar-refractivity contribution is 5.51. The van der Waals surface area contributed by atoms with E-state index in [1.807, 2.05) is 36.5 Å². The molecule has 136 valence electrons. The molecule has 1 aliphatic rings. The molecule has 6 nitrogen and oxygen atoms in total. The van der Waals surface area contributed by atoms with E-state index in [1.165, 1.54) is 12.2 Å². The van der Waals surface area contributed by atoms with Gasteiger partial charge in [-0.05, 0) is 45.4 Å². The fourth-order valence-corrected chi connectivity index (χ4v) is 3.69. The molecule has 0 aliphatic carbocycles. The lowest BCUT2D eigenvalue weighted by Crippen LogP contribution is -2.35. The van der Waals surface area contributed by atoms with Crippen LogP contribution >= 0.6 is 0 Å². The maximum absolute atomic E-state index is 5.88. The average Bonchev–Trinajstić information content (AvgIpc) is 3.32. The van der Waals surface area contributed by atoms with Gasteiger partial charge in [-0.1, -0.05) is 18.2 Å². The molecule has 26 heavy (non-hydrogen) atoms. The fraction of sp³-hybridized carbons (Fsp3) is 0.450. The summed E-state index contributed by atoms with van der Waals surface area (Å²) < 4.78 is 8.16. The Hall–Kier alpha value is -2.47. The molecule has 0 N–H and O–H groups in total. The summed E-state index contributed by atoms with van der Waals surface area (Å²) in [6.45, 7) is 7.14. The number of piperidine rings is 1. The molecule has 1 unspecified atom stereocenters. The third-order valence-electron chi connectivity index (χ3n) is 4.97. The van der Waals surface area contributed by atoms with Crippen molar-refractivity contribution >= 4 is 0 Å². The normalized spacial score (nSPS) is 18.5. The van der Waals surface area contributed by atoms with E-state index in [9.17, 15) is 0 Å². The van der Waals surface area contributed by atoms with Crippen LogP contribution in [0.4, 0.5) is 0 Å². The van der Waals surface area contributed by atoms with E-state index in [1.54, 1.807) is 0 Å². The van der Waals surface area contributed by atoms with Gasteiger partial charge in [0.1, 0.15) is 5.82 Å². The first-order chi connectivity index (χ1) is 12.7. The van der Waals surface area contributed by atoms with E-state index in [4.69, 9.17) is 4.42 Å². The molecule has 0 saturated carbocycles. The van der Waals surface area contributed by atoms with E-state index in [0.29, 0.717) is 30.3 Å². The molecule has 4 rings (SSSR count). The molecule has 6 heteroatoms. The zero-order chi connectivity index (χ0) is 17.9. The maximum atomic E-state index is 5.88. The number of hydrogen-bond donors (Lipinski definition) is 0. The minimum Gasteiger partial charge on any atom is -0.419 e. The SMILES string of the molecule is CC(C)n1ccnc1C1CCCN(Cc2nnc(-c3ccccc3)o2)C1. The van der Waals surface area contributed by atoms with Crippen LogP contribution in [-0.4, -0.2) is 37.7 Å². The van der Waals surface area contributed by atoms with Crippen molar-refractivity contribution in [3.8, 4) is 11.5 Å². The highest BCUT2D eigenvalue weighted by atomic mass is 16.4. The molecule has 1 aromatic carbocycles. The Kier molecular flexibility index (Phi) is 4.84. The summed E-state index contributed by atoms with van der Waals surface area (Å²) in [5, 5.41) is 8.44. The highest BCUT2D eigenvalue weighted by Crippen LogP contribution is 2.28. The quantitative estimate of drug-likeness (QED) is 0.698. The first-order valence-corrected chi connectivity index (χ1v) is 9.33. The molecule has 0 bridgehead atoms. The van der Waals surface area contributed by atoms with Crippen LogP contribution in [0.1, 0.15) is 50.4 Å². The lowest BCUT2D eigenvalue weighted by atomic mass is 9.97. The summed E-state index contributed by atoms with van der Waals surface area (Å²) in [7, 11) is 0. The molecular weight excluding hydrogens is 326 g/mol. The summed E-state index contributed by atoms with van der Waals surface area (Å²) >= 11 is 0. The van der Waals surface area contributed by atoms with Gasteiger partial charge in [-0.3, -0.25) is 4.90 Å². The van der Waals surface area contributed by atoms with Gasteiger partial charge in [-0.2, -0.15) is 0 Å². The summed E-state index contributed by atoms with van der Waals surface area (Å²) in [5.41, 5.74) is 0.960. The second-order valence-electron chi connectivity index (χ2n) is 7.23. The van der Waals surface area contributed by atoms with E-state index in [0.717, 1.165) is 25.1 Å². The monoisotopic (exact) mass is 351 g/mol. The minimum atomic E-state index is 0.437. The third kappa shape index (κ3) is 3.55. The first kappa shape index (κ1) is 17.0. The summed E-state index contributed by atoms with van der Waals surface area (Å²) in [6, 6.07) is 10.3. The third-order valence-corrected chi connectivity index (χ3v) is 4.97. The molecule has 2 aromatic heterocycles. The number of hydrogen-bond acceptors (Lipinski definition) is 5. The van der Waals surface area contributed by atoms with Crippen LogP contribution in [0.25, 0.3) is 11.5 Å². The van der Waals surface area contributed by atoms with Gasteiger partial charge in [0.2, 0.25) is 11.8 Å². The molecule has 3 heterocycles. The van der Waals surface area contributed by atoms with Gasteiger partial charge in [0.15, 0.2) is 0 Å². The van der Waals surface area contributed by atoms with Crippen LogP contribution in [0.15, 0.2) is 47.1 Å².